The Kier molecular flexibility index (Phi) is 3.94. The van der Waals surface area contributed by atoms with Crippen molar-refractivity contribution < 1.29 is 9.31 Å². The molecule has 16 heavy (non-hydrogen) atoms. The number of hydrogen-bond donors (Lipinski definition) is 0. The van der Waals surface area contributed by atoms with Crippen molar-refractivity contribution in [3.05, 3.63) is 35.9 Å². The summed E-state index contributed by atoms with van der Waals surface area (Å²) in [6, 6.07) is 10.6. The number of ether oxygens (including phenoxy) is 1. The summed E-state index contributed by atoms with van der Waals surface area (Å²) in [4.78, 5) is 2.31. The summed E-state index contributed by atoms with van der Waals surface area (Å²) in [7, 11) is 1.75. The van der Waals surface area contributed by atoms with Crippen LogP contribution in [0.4, 0.5) is 0 Å². The first-order chi connectivity index (χ1) is 7.88. The molecule has 1 aliphatic rings. The molecule has 0 saturated carbocycles. The van der Waals surface area contributed by atoms with Gasteiger partial charge in [0.25, 0.3) is 0 Å². The van der Waals surface area contributed by atoms with E-state index < -0.39 is 0 Å². The molecule has 1 heterocycles. The van der Waals surface area contributed by atoms with Gasteiger partial charge in [0.1, 0.15) is 26.2 Å². The van der Waals surface area contributed by atoms with E-state index in [0.717, 1.165) is 32.8 Å². The van der Waals surface area contributed by atoms with Gasteiger partial charge in [-0.2, -0.15) is 0 Å². The molecule has 1 aromatic carbocycles. The van der Waals surface area contributed by atoms with Crippen LogP contribution in [0.15, 0.2) is 30.3 Å². The van der Waals surface area contributed by atoms with Gasteiger partial charge in [0, 0.05) is 7.11 Å². The van der Waals surface area contributed by atoms with Crippen LogP contribution in [0.1, 0.15) is 5.56 Å². The monoisotopic (exact) mass is 219 g/mol. The van der Waals surface area contributed by atoms with Gasteiger partial charge in [-0.3, -0.25) is 9.48 Å². The van der Waals surface area contributed by atoms with Gasteiger partial charge in [0.2, 0.25) is 6.34 Å². The van der Waals surface area contributed by atoms with E-state index >= 15 is 0 Å². The van der Waals surface area contributed by atoms with Crippen molar-refractivity contribution in [2.75, 3.05) is 33.4 Å². The third-order valence-electron chi connectivity index (χ3n) is 2.81. The molecular formula is C13H19N2O+. The fraction of sp³-hybridized carbons (Fsp3) is 0.462. The summed E-state index contributed by atoms with van der Waals surface area (Å²) >= 11 is 0. The molecule has 0 spiro atoms. The van der Waals surface area contributed by atoms with Gasteiger partial charge in [-0.25, -0.2) is 0 Å². The average Bonchev–Trinajstić information content (AvgIpc) is 2.75. The zero-order valence-corrected chi connectivity index (χ0v) is 9.80. The van der Waals surface area contributed by atoms with Crippen molar-refractivity contribution in [2.45, 2.75) is 6.54 Å². The largest absolute Gasteiger partial charge is 0.381 e. The topological polar surface area (TPSA) is 15.5 Å². The smallest absolute Gasteiger partial charge is 0.234 e. The maximum Gasteiger partial charge on any atom is 0.234 e. The Labute approximate surface area is 97.0 Å². The Bertz CT molecular complexity index is 348. The van der Waals surface area contributed by atoms with Gasteiger partial charge < -0.3 is 4.74 Å². The molecule has 0 amide bonds. The Morgan fingerprint density at radius 3 is 2.88 bits per heavy atom. The van der Waals surface area contributed by atoms with Crippen LogP contribution in [0.2, 0.25) is 0 Å². The summed E-state index contributed by atoms with van der Waals surface area (Å²) < 4.78 is 7.43. The Balaban J connectivity index is 1.87. The lowest BCUT2D eigenvalue weighted by Gasteiger charge is -2.04. The number of methoxy groups -OCH3 is 1. The molecule has 0 atom stereocenters. The lowest BCUT2D eigenvalue weighted by Crippen LogP contribution is -2.23. The van der Waals surface area contributed by atoms with Crippen LogP contribution in [-0.4, -0.2) is 49.2 Å². The van der Waals surface area contributed by atoms with Crippen molar-refractivity contribution in [3.8, 4) is 0 Å². The summed E-state index contributed by atoms with van der Waals surface area (Å²) in [5.41, 5.74) is 1.37. The molecule has 1 aliphatic heterocycles. The SMILES string of the molecule is COCCN1C=[N+](Cc2ccccc2)CC1. The molecule has 0 radical (unpaired) electrons. The quantitative estimate of drug-likeness (QED) is 0.691. The van der Waals surface area contributed by atoms with E-state index in [1.54, 1.807) is 7.11 Å². The molecule has 0 unspecified atom stereocenters. The molecule has 86 valence electrons. The second-order valence-corrected chi connectivity index (χ2v) is 4.10. The fourth-order valence-corrected chi connectivity index (χ4v) is 1.92. The summed E-state index contributed by atoms with van der Waals surface area (Å²) in [5, 5.41) is 0. The Morgan fingerprint density at radius 2 is 2.12 bits per heavy atom. The normalized spacial score (nSPS) is 15.3. The highest BCUT2D eigenvalue weighted by Gasteiger charge is 2.18. The summed E-state index contributed by atoms with van der Waals surface area (Å²) in [6.07, 6.45) is 2.21. The van der Waals surface area contributed by atoms with Gasteiger partial charge in [-0.15, -0.1) is 0 Å². The number of rotatable bonds is 5. The first kappa shape index (κ1) is 11.1. The lowest BCUT2D eigenvalue weighted by molar-refractivity contribution is -0.530. The van der Waals surface area contributed by atoms with Gasteiger partial charge in [-0.05, 0) is 5.56 Å². The molecule has 0 aliphatic carbocycles. The van der Waals surface area contributed by atoms with E-state index in [9.17, 15) is 0 Å². The van der Waals surface area contributed by atoms with Crippen molar-refractivity contribution >= 4 is 6.34 Å². The maximum atomic E-state index is 5.08. The molecule has 3 nitrogen and oxygen atoms in total. The van der Waals surface area contributed by atoms with E-state index in [4.69, 9.17) is 4.74 Å². The Morgan fingerprint density at radius 1 is 1.31 bits per heavy atom. The van der Waals surface area contributed by atoms with Crippen molar-refractivity contribution in [1.29, 1.82) is 0 Å². The molecule has 0 fully saturated rings. The van der Waals surface area contributed by atoms with Crippen LogP contribution in [-0.2, 0) is 11.3 Å². The zero-order valence-electron chi connectivity index (χ0n) is 9.80. The van der Waals surface area contributed by atoms with E-state index in [1.165, 1.54) is 5.56 Å². The van der Waals surface area contributed by atoms with E-state index in [-0.39, 0.29) is 0 Å². The number of nitrogens with zero attached hydrogens (tertiary/aromatic N) is 2. The second-order valence-electron chi connectivity index (χ2n) is 4.10. The van der Waals surface area contributed by atoms with Crippen molar-refractivity contribution in [2.24, 2.45) is 0 Å². The standard InChI is InChI=1S/C13H19N2O/c1-16-10-9-14-7-8-15(12-14)11-13-5-3-2-4-6-13/h2-6,12H,7-11H2,1H3/q+1. The Hall–Kier alpha value is -1.35. The van der Waals surface area contributed by atoms with E-state index in [0.29, 0.717) is 0 Å². The average molecular weight is 219 g/mol. The van der Waals surface area contributed by atoms with Gasteiger partial charge >= 0.3 is 0 Å². The van der Waals surface area contributed by atoms with E-state index in [2.05, 4.69) is 46.1 Å². The molecule has 0 bridgehead atoms. The van der Waals surface area contributed by atoms with Crippen LogP contribution in [0.3, 0.4) is 0 Å². The van der Waals surface area contributed by atoms with Gasteiger partial charge in [0.05, 0.1) is 6.61 Å². The lowest BCUT2D eigenvalue weighted by atomic mass is 10.2. The molecular weight excluding hydrogens is 200 g/mol. The van der Waals surface area contributed by atoms with Crippen LogP contribution in [0.5, 0.6) is 0 Å². The van der Waals surface area contributed by atoms with E-state index in [1.807, 2.05) is 0 Å². The van der Waals surface area contributed by atoms with Crippen LogP contribution in [0.25, 0.3) is 0 Å². The first-order valence-electron chi connectivity index (χ1n) is 5.74. The van der Waals surface area contributed by atoms with Crippen LogP contribution in [0, 0.1) is 0 Å². The fourth-order valence-electron chi connectivity index (χ4n) is 1.92. The zero-order chi connectivity index (χ0) is 11.2. The van der Waals surface area contributed by atoms with Crippen LogP contribution < -0.4 is 0 Å². The second kappa shape index (κ2) is 5.66. The number of hydrogen-bond acceptors (Lipinski definition) is 2. The minimum absolute atomic E-state index is 0.801. The highest BCUT2D eigenvalue weighted by molar-refractivity contribution is 5.50. The molecule has 0 aromatic heterocycles. The molecule has 3 heteroatoms. The predicted molar refractivity (Wildman–Crippen MR) is 64.8 cm³/mol. The molecule has 0 N–H and O–H groups in total. The van der Waals surface area contributed by atoms with Crippen molar-refractivity contribution in [1.82, 2.24) is 4.90 Å². The van der Waals surface area contributed by atoms with Gasteiger partial charge in [-0.1, -0.05) is 30.3 Å². The molecule has 0 saturated heterocycles. The minimum atomic E-state index is 0.801. The third-order valence-corrected chi connectivity index (χ3v) is 2.81. The molecule has 2 rings (SSSR count). The number of benzene rings is 1. The van der Waals surface area contributed by atoms with Crippen molar-refractivity contribution in [3.63, 3.8) is 0 Å². The summed E-state index contributed by atoms with van der Waals surface area (Å²) in [6.45, 7) is 5.01. The van der Waals surface area contributed by atoms with Gasteiger partial charge in [0.15, 0.2) is 0 Å². The minimum Gasteiger partial charge on any atom is -0.381 e. The predicted octanol–water partition coefficient (Wildman–Crippen LogP) is 1.19. The first-order valence-corrected chi connectivity index (χ1v) is 5.74. The summed E-state index contributed by atoms with van der Waals surface area (Å²) in [5.74, 6) is 0. The highest BCUT2D eigenvalue weighted by Crippen LogP contribution is 2.03. The maximum absolute atomic E-state index is 5.08. The molecule has 1 aromatic rings. The third kappa shape index (κ3) is 3.07. The van der Waals surface area contributed by atoms with Crippen LogP contribution >= 0.6 is 0 Å². The highest BCUT2D eigenvalue weighted by atomic mass is 16.5.